The smallest absolute Gasteiger partial charge is 0.260 e. The van der Waals surface area contributed by atoms with E-state index in [0.29, 0.717) is 6.04 Å². The van der Waals surface area contributed by atoms with Crippen LogP contribution in [0.15, 0.2) is 48.5 Å². The van der Waals surface area contributed by atoms with E-state index < -0.39 is 0 Å². The number of aryl methyl sites for hydroxylation is 1. The highest BCUT2D eigenvalue weighted by molar-refractivity contribution is 5.78. The number of likely N-dealkylation sites (tertiary alicyclic amines) is 1. The molecule has 160 valence electrons. The fraction of sp³-hybridized carbons (Fsp3) is 0.458. The molecule has 2 fully saturated rings. The average Bonchev–Trinajstić information content (AvgIpc) is 2.79. The van der Waals surface area contributed by atoms with Crippen molar-refractivity contribution in [2.45, 2.75) is 25.8 Å². The van der Waals surface area contributed by atoms with Crippen LogP contribution in [-0.4, -0.2) is 67.6 Å². The molecule has 0 aromatic heterocycles. The first-order valence-electron chi connectivity index (χ1n) is 10.8. The highest BCUT2D eigenvalue weighted by atomic mass is 19.1. The van der Waals surface area contributed by atoms with Crippen molar-refractivity contribution < 1.29 is 13.9 Å². The number of nitrogens with zero attached hydrogens (tertiary/aromatic N) is 3. The maximum atomic E-state index is 13.2. The van der Waals surface area contributed by atoms with Crippen LogP contribution in [0.1, 0.15) is 18.4 Å². The van der Waals surface area contributed by atoms with E-state index in [1.165, 1.54) is 17.7 Å². The highest BCUT2D eigenvalue weighted by Crippen LogP contribution is 2.21. The molecule has 2 saturated heterocycles. The van der Waals surface area contributed by atoms with Gasteiger partial charge >= 0.3 is 0 Å². The maximum Gasteiger partial charge on any atom is 0.260 e. The van der Waals surface area contributed by atoms with Crippen molar-refractivity contribution in [2.24, 2.45) is 0 Å². The molecule has 2 aromatic carbocycles. The quantitative estimate of drug-likeness (QED) is 0.756. The zero-order valence-corrected chi connectivity index (χ0v) is 17.6. The van der Waals surface area contributed by atoms with E-state index >= 15 is 0 Å². The molecule has 2 aliphatic rings. The zero-order valence-electron chi connectivity index (χ0n) is 17.6. The van der Waals surface area contributed by atoms with Gasteiger partial charge in [-0.05, 0) is 56.2 Å². The van der Waals surface area contributed by atoms with Gasteiger partial charge in [0.05, 0.1) is 0 Å². The van der Waals surface area contributed by atoms with Gasteiger partial charge in [-0.2, -0.15) is 0 Å². The number of hydrogen-bond donors (Lipinski definition) is 0. The third kappa shape index (κ3) is 5.11. The van der Waals surface area contributed by atoms with Crippen molar-refractivity contribution in [1.29, 1.82) is 0 Å². The topological polar surface area (TPSA) is 36.0 Å². The Labute approximate surface area is 178 Å². The molecule has 0 radical (unpaired) electrons. The van der Waals surface area contributed by atoms with Crippen LogP contribution in [-0.2, 0) is 4.79 Å². The van der Waals surface area contributed by atoms with Crippen LogP contribution in [0.4, 0.5) is 10.1 Å². The van der Waals surface area contributed by atoms with Gasteiger partial charge in [0.15, 0.2) is 6.61 Å². The van der Waals surface area contributed by atoms with E-state index in [2.05, 4.69) is 9.80 Å². The van der Waals surface area contributed by atoms with Crippen LogP contribution in [0.2, 0.25) is 0 Å². The molecule has 6 heteroatoms. The molecule has 1 atom stereocenters. The van der Waals surface area contributed by atoms with E-state index in [-0.39, 0.29) is 18.3 Å². The summed E-state index contributed by atoms with van der Waals surface area (Å²) in [6.45, 7) is 7.47. The van der Waals surface area contributed by atoms with Crippen LogP contribution in [0.3, 0.4) is 0 Å². The van der Waals surface area contributed by atoms with Crippen molar-refractivity contribution >= 4 is 11.6 Å². The second-order valence-corrected chi connectivity index (χ2v) is 8.24. The summed E-state index contributed by atoms with van der Waals surface area (Å²) in [6.07, 6.45) is 2.15. The molecule has 2 aromatic rings. The monoisotopic (exact) mass is 411 g/mol. The number of carbonyl (C=O) groups is 1. The number of halogens is 1. The summed E-state index contributed by atoms with van der Waals surface area (Å²) in [7, 11) is 0. The summed E-state index contributed by atoms with van der Waals surface area (Å²) in [5.74, 6) is 0.598. The summed E-state index contributed by atoms with van der Waals surface area (Å²) in [5, 5.41) is 0. The Bertz CT molecular complexity index is 833. The molecule has 1 amide bonds. The number of ether oxygens (including phenoxy) is 1. The molecule has 5 nitrogen and oxygen atoms in total. The van der Waals surface area contributed by atoms with Crippen LogP contribution < -0.4 is 9.64 Å². The summed E-state index contributed by atoms with van der Waals surface area (Å²) < 4.78 is 18.9. The van der Waals surface area contributed by atoms with E-state index in [9.17, 15) is 9.18 Å². The lowest BCUT2D eigenvalue weighted by molar-refractivity contribution is -0.135. The Hall–Kier alpha value is -2.60. The minimum atomic E-state index is -0.198. The van der Waals surface area contributed by atoms with Gasteiger partial charge in [-0.3, -0.25) is 9.69 Å². The van der Waals surface area contributed by atoms with Gasteiger partial charge in [0.2, 0.25) is 0 Å². The molecule has 0 unspecified atom stereocenters. The van der Waals surface area contributed by atoms with Gasteiger partial charge in [-0.25, -0.2) is 4.39 Å². The van der Waals surface area contributed by atoms with Gasteiger partial charge in [0.25, 0.3) is 5.91 Å². The second kappa shape index (κ2) is 9.47. The minimum Gasteiger partial charge on any atom is -0.484 e. The summed E-state index contributed by atoms with van der Waals surface area (Å²) in [5.41, 5.74) is 2.25. The number of amides is 1. The number of piperazine rings is 1. The Balaban J connectivity index is 1.26. The van der Waals surface area contributed by atoms with E-state index in [0.717, 1.165) is 63.5 Å². The Kier molecular flexibility index (Phi) is 6.53. The molecule has 2 heterocycles. The van der Waals surface area contributed by atoms with E-state index in [4.69, 9.17) is 4.74 Å². The molecule has 0 N–H and O–H groups in total. The van der Waals surface area contributed by atoms with E-state index in [1.54, 1.807) is 0 Å². The Morgan fingerprint density at radius 1 is 1.00 bits per heavy atom. The largest absolute Gasteiger partial charge is 0.484 e. The van der Waals surface area contributed by atoms with Gasteiger partial charge in [-0.1, -0.05) is 17.7 Å². The van der Waals surface area contributed by atoms with Crippen LogP contribution in [0.5, 0.6) is 5.75 Å². The lowest BCUT2D eigenvalue weighted by Gasteiger charge is -2.44. The van der Waals surface area contributed by atoms with Crippen LogP contribution in [0, 0.1) is 12.7 Å². The molecule has 0 aliphatic carbocycles. The van der Waals surface area contributed by atoms with Crippen molar-refractivity contribution in [2.75, 3.05) is 50.8 Å². The minimum absolute atomic E-state index is 0.0604. The molecule has 4 rings (SSSR count). The summed E-state index contributed by atoms with van der Waals surface area (Å²) in [4.78, 5) is 19.4. The Morgan fingerprint density at radius 2 is 1.70 bits per heavy atom. The van der Waals surface area contributed by atoms with Gasteiger partial charge in [0.1, 0.15) is 11.6 Å². The summed E-state index contributed by atoms with van der Waals surface area (Å²) >= 11 is 0. The third-order valence-corrected chi connectivity index (χ3v) is 6.15. The molecule has 30 heavy (non-hydrogen) atoms. The van der Waals surface area contributed by atoms with Gasteiger partial charge in [0, 0.05) is 51.0 Å². The summed E-state index contributed by atoms with van der Waals surface area (Å²) in [6, 6.07) is 14.9. The zero-order chi connectivity index (χ0) is 20.9. The van der Waals surface area contributed by atoms with Crippen LogP contribution in [0.25, 0.3) is 0 Å². The first-order valence-corrected chi connectivity index (χ1v) is 10.8. The first kappa shape index (κ1) is 20.7. The Morgan fingerprint density at radius 3 is 2.40 bits per heavy atom. The third-order valence-electron chi connectivity index (χ3n) is 6.15. The number of rotatable bonds is 5. The second-order valence-electron chi connectivity index (χ2n) is 8.24. The highest BCUT2D eigenvalue weighted by Gasteiger charge is 2.30. The molecule has 0 saturated carbocycles. The number of piperidine rings is 1. The number of anilines is 1. The van der Waals surface area contributed by atoms with Gasteiger partial charge in [-0.15, -0.1) is 0 Å². The number of carbonyl (C=O) groups excluding carboxylic acids is 1. The SMILES string of the molecule is Cc1ccc(OCC(=O)N2CCC[C@@H](N3CCN(c4ccc(F)cc4)CC3)C2)cc1. The lowest BCUT2D eigenvalue weighted by atomic mass is 10.0. The first-order chi connectivity index (χ1) is 14.6. The fourth-order valence-electron chi connectivity index (χ4n) is 4.35. The standard InChI is InChI=1S/C24H30FN3O2/c1-19-4-10-23(11-5-19)30-18-24(29)28-12-2-3-22(17-28)27-15-13-26(14-16-27)21-8-6-20(25)7-9-21/h4-11,22H,2-3,12-18H2,1H3/t22-/m1/s1. The normalized spacial score (nSPS) is 20.3. The fourth-order valence-corrected chi connectivity index (χ4v) is 4.35. The van der Waals surface area contributed by atoms with Crippen molar-refractivity contribution in [3.8, 4) is 5.75 Å². The number of hydrogen-bond acceptors (Lipinski definition) is 4. The van der Waals surface area contributed by atoms with Crippen molar-refractivity contribution in [3.05, 3.63) is 59.9 Å². The maximum absolute atomic E-state index is 13.2. The van der Waals surface area contributed by atoms with Crippen molar-refractivity contribution in [3.63, 3.8) is 0 Å². The van der Waals surface area contributed by atoms with Gasteiger partial charge < -0.3 is 14.5 Å². The number of benzene rings is 2. The average molecular weight is 412 g/mol. The predicted molar refractivity (Wildman–Crippen MR) is 116 cm³/mol. The molecule has 0 bridgehead atoms. The predicted octanol–water partition coefficient (Wildman–Crippen LogP) is 3.33. The van der Waals surface area contributed by atoms with Crippen LogP contribution >= 0.6 is 0 Å². The molecular weight excluding hydrogens is 381 g/mol. The lowest BCUT2D eigenvalue weighted by Crippen LogP contribution is -2.56. The van der Waals surface area contributed by atoms with E-state index in [1.807, 2.05) is 48.2 Å². The molecule has 0 spiro atoms. The van der Waals surface area contributed by atoms with Crippen molar-refractivity contribution in [1.82, 2.24) is 9.80 Å². The molecule has 2 aliphatic heterocycles. The molecular formula is C24H30FN3O2.